The van der Waals surface area contributed by atoms with Crippen LogP contribution >= 0.6 is 11.8 Å². The lowest BCUT2D eigenvalue weighted by Gasteiger charge is -2.22. The van der Waals surface area contributed by atoms with Gasteiger partial charge in [-0.2, -0.15) is 0 Å². The Balaban J connectivity index is 1.63. The first-order chi connectivity index (χ1) is 11.8. The van der Waals surface area contributed by atoms with Crippen molar-refractivity contribution in [2.24, 2.45) is 0 Å². The van der Waals surface area contributed by atoms with Gasteiger partial charge in [-0.25, -0.2) is 4.79 Å². The largest absolute Gasteiger partial charge is 0.446 e. The Hall–Kier alpha value is -1.94. The highest BCUT2D eigenvalue weighted by Crippen LogP contribution is 2.39. The van der Waals surface area contributed by atoms with Crippen LogP contribution in [0.4, 0.5) is 4.79 Å². The number of benzene rings is 2. The zero-order valence-corrected chi connectivity index (χ0v) is 14.4. The summed E-state index contributed by atoms with van der Waals surface area (Å²) in [6.07, 6.45) is 4.06. The van der Waals surface area contributed by atoms with E-state index in [9.17, 15) is 4.79 Å². The van der Waals surface area contributed by atoms with E-state index in [1.54, 1.807) is 0 Å². The van der Waals surface area contributed by atoms with Gasteiger partial charge in [0, 0.05) is 10.6 Å². The van der Waals surface area contributed by atoms with Gasteiger partial charge in [0.05, 0.1) is 6.04 Å². The first kappa shape index (κ1) is 15.6. The summed E-state index contributed by atoms with van der Waals surface area (Å²) in [5.41, 5.74) is 3.58. The predicted octanol–water partition coefficient (Wildman–Crippen LogP) is 5.05. The lowest BCUT2D eigenvalue weighted by Crippen LogP contribution is -2.32. The summed E-state index contributed by atoms with van der Waals surface area (Å²) in [7, 11) is 0. The summed E-state index contributed by atoms with van der Waals surface area (Å²) in [6.45, 7) is 0. The van der Waals surface area contributed by atoms with Crippen molar-refractivity contribution in [2.45, 2.75) is 48.5 Å². The number of fused-ring (bicyclic) bond motifs is 2. The van der Waals surface area contributed by atoms with Gasteiger partial charge >= 0.3 is 6.09 Å². The van der Waals surface area contributed by atoms with E-state index in [0.717, 1.165) is 37.0 Å². The standard InChI is InChI=1S/C20H21NO2S/c22-20(23-15-8-2-3-9-15)21-19-16-10-4-1-7-14(16)13-24-18-12-6-5-11-17(18)19/h1,4-7,10-12,15,19H,2-3,8-9,13H2,(H,21,22). The van der Waals surface area contributed by atoms with Gasteiger partial charge < -0.3 is 10.1 Å². The highest BCUT2D eigenvalue weighted by molar-refractivity contribution is 7.98. The van der Waals surface area contributed by atoms with Crippen molar-refractivity contribution in [3.05, 3.63) is 65.2 Å². The Morgan fingerprint density at radius 2 is 1.71 bits per heavy atom. The lowest BCUT2D eigenvalue weighted by molar-refractivity contribution is 0.0989. The molecule has 24 heavy (non-hydrogen) atoms. The SMILES string of the molecule is O=C(NC1c2ccccc2CSc2ccccc21)OC1CCCC1. The van der Waals surface area contributed by atoms with E-state index in [1.165, 1.54) is 16.0 Å². The zero-order valence-electron chi connectivity index (χ0n) is 13.5. The van der Waals surface area contributed by atoms with Crippen molar-refractivity contribution < 1.29 is 9.53 Å². The molecule has 1 unspecified atom stereocenters. The quantitative estimate of drug-likeness (QED) is 0.832. The van der Waals surface area contributed by atoms with E-state index < -0.39 is 0 Å². The molecule has 2 aromatic rings. The second-order valence-electron chi connectivity index (χ2n) is 6.41. The molecule has 1 fully saturated rings. The minimum atomic E-state index is -0.302. The number of hydrogen-bond acceptors (Lipinski definition) is 3. The van der Waals surface area contributed by atoms with Crippen molar-refractivity contribution in [1.29, 1.82) is 0 Å². The molecule has 124 valence electrons. The molecule has 4 rings (SSSR count). The summed E-state index contributed by atoms with van der Waals surface area (Å²) in [5, 5.41) is 3.12. The fourth-order valence-corrected chi connectivity index (χ4v) is 4.69. The molecule has 1 aliphatic heterocycles. The van der Waals surface area contributed by atoms with Crippen LogP contribution in [0.1, 0.15) is 48.4 Å². The average Bonchev–Trinajstić information content (AvgIpc) is 3.06. The van der Waals surface area contributed by atoms with E-state index in [0.29, 0.717) is 0 Å². The molecule has 0 spiro atoms. The second-order valence-corrected chi connectivity index (χ2v) is 7.43. The Morgan fingerprint density at radius 3 is 2.54 bits per heavy atom. The predicted molar refractivity (Wildman–Crippen MR) is 96.2 cm³/mol. The van der Waals surface area contributed by atoms with E-state index in [4.69, 9.17) is 4.74 Å². The molecule has 0 aromatic heterocycles. The smallest absolute Gasteiger partial charge is 0.408 e. The van der Waals surface area contributed by atoms with Crippen molar-refractivity contribution >= 4 is 17.9 Å². The van der Waals surface area contributed by atoms with E-state index in [-0.39, 0.29) is 18.2 Å². The molecule has 0 radical (unpaired) electrons. The first-order valence-corrected chi connectivity index (χ1v) is 9.56. The molecule has 1 amide bonds. The van der Waals surface area contributed by atoms with Gasteiger partial charge in [-0.1, -0.05) is 42.5 Å². The number of carbonyl (C=O) groups is 1. The monoisotopic (exact) mass is 339 g/mol. The molecule has 1 saturated carbocycles. The molecular formula is C20H21NO2S. The Bertz CT molecular complexity index is 692. The molecule has 2 aliphatic rings. The third-order valence-corrected chi connectivity index (χ3v) is 5.96. The molecule has 2 aromatic carbocycles. The van der Waals surface area contributed by atoms with Crippen molar-refractivity contribution in [3.63, 3.8) is 0 Å². The minimum absolute atomic E-state index is 0.0793. The van der Waals surface area contributed by atoms with Gasteiger partial charge in [0.15, 0.2) is 0 Å². The first-order valence-electron chi connectivity index (χ1n) is 8.58. The highest BCUT2D eigenvalue weighted by Gasteiger charge is 2.27. The third kappa shape index (κ3) is 3.16. The third-order valence-electron chi connectivity index (χ3n) is 4.82. The van der Waals surface area contributed by atoms with Gasteiger partial charge in [-0.05, 0) is 48.4 Å². The normalized spacial score (nSPS) is 19.9. The van der Waals surface area contributed by atoms with Gasteiger partial charge in [-0.15, -0.1) is 11.8 Å². The minimum Gasteiger partial charge on any atom is -0.446 e. The van der Waals surface area contributed by atoms with Gasteiger partial charge in [0.2, 0.25) is 0 Å². The number of carbonyl (C=O) groups excluding carboxylic acids is 1. The van der Waals surface area contributed by atoms with Crippen LogP contribution in [0.15, 0.2) is 53.4 Å². The van der Waals surface area contributed by atoms with Crippen LogP contribution in [0.25, 0.3) is 0 Å². The van der Waals surface area contributed by atoms with Gasteiger partial charge in [-0.3, -0.25) is 0 Å². The number of rotatable bonds is 2. The molecule has 1 atom stereocenters. The summed E-state index contributed by atoms with van der Waals surface area (Å²) < 4.78 is 5.63. The van der Waals surface area contributed by atoms with Gasteiger partial charge in [0.1, 0.15) is 6.10 Å². The van der Waals surface area contributed by atoms with Crippen molar-refractivity contribution in [1.82, 2.24) is 5.32 Å². The van der Waals surface area contributed by atoms with Crippen LogP contribution in [0.5, 0.6) is 0 Å². The maximum Gasteiger partial charge on any atom is 0.408 e. The van der Waals surface area contributed by atoms with Crippen LogP contribution < -0.4 is 5.32 Å². The summed E-state index contributed by atoms with van der Waals surface area (Å²) >= 11 is 1.82. The summed E-state index contributed by atoms with van der Waals surface area (Å²) in [4.78, 5) is 13.7. The fourth-order valence-electron chi connectivity index (χ4n) is 3.59. The van der Waals surface area contributed by atoms with Crippen LogP contribution in [0.3, 0.4) is 0 Å². The average molecular weight is 339 g/mol. The maximum absolute atomic E-state index is 12.5. The highest BCUT2D eigenvalue weighted by atomic mass is 32.2. The number of hydrogen-bond donors (Lipinski definition) is 1. The van der Waals surface area contributed by atoms with Crippen LogP contribution in [0.2, 0.25) is 0 Å². The van der Waals surface area contributed by atoms with Crippen molar-refractivity contribution in [2.75, 3.05) is 0 Å². The van der Waals surface area contributed by atoms with Crippen molar-refractivity contribution in [3.8, 4) is 0 Å². The number of alkyl carbamates (subject to hydrolysis) is 1. The number of thioether (sulfide) groups is 1. The lowest BCUT2D eigenvalue weighted by atomic mass is 9.95. The fraction of sp³-hybridized carbons (Fsp3) is 0.350. The topological polar surface area (TPSA) is 38.3 Å². The van der Waals surface area contributed by atoms with Crippen LogP contribution in [-0.4, -0.2) is 12.2 Å². The molecule has 1 aliphatic carbocycles. The maximum atomic E-state index is 12.5. The zero-order chi connectivity index (χ0) is 16.4. The summed E-state index contributed by atoms with van der Waals surface area (Å²) in [5.74, 6) is 0.920. The van der Waals surface area contributed by atoms with E-state index in [1.807, 2.05) is 23.9 Å². The molecule has 0 saturated heterocycles. The molecule has 3 nitrogen and oxygen atoms in total. The second kappa shape index (κ2) is 6.89. The number of amides is 1. The van der Waals surface area contributed by atoms with Crippen LogP contribution in [0, 0.1) is 0 Å². The molecular weight excluding hydrogens is 318 g/mol. The van der Waals surface area contributed by atoms with Crippen LogP contribution in [-0.2, 0) is 10.5 Å². The Labute approximate surface area is 146 Å². The molecule has 1 heterocycles. The van der Waals surface area contributed by atoms with E-state index >= 15 is 0 Å². The molecule has 0 bridgehead atoms. The summed E-state index contributed by atoms with van der Waals surface area (Å²) in [6, 6.07) is 16.5. The van der Waals surface area contributed by atoms with E-state index in [2.05, 4.69) is 41.7 Å². The molecule has 1 N–H and O–H groups in total. The number of ether oxygens (including phenoxy) is 1. The van der Waals surface area contributed by atoms with Gasteiger partial charge in [0.25, 0.3) is 0 Å². The Kier molecular flexibility index (Phi) is 4.48. The number of nitrogens with one attached hydrogen (secondary N) is 1. The molecule has 4 heteroatoms. The Morgan fingerprint density at radius 1 is 1.00 bits per heavy atom.